The van der Waals surface area contributed by atoms with Crippen LogP contribution in [0.5, 0.6) is 5.75 Å². The molecule has 1 aliphatic rings. The fourth-order valence-corrected chi connectivity index (χ4v) is 3.53. The van der Waals surface area contributed by atoms with E-state index in [1.807, 2.05) is 0 Å². The Morgan fingerprint density at radius 1 is 1.03 bits per heavy atom. The van der Waals surface area contributed by atoms with Crippen molar-refractivity contribution >= 4 is 11.9 Å². The molecule has 3 aromatic rings. The maximum atomic E-state index is 13.3. The lowest BCUT2D eigenvalue weighted by molar-refractivity contribution is -0.129. The van der Waals surface area contributed by atoms with Crippen molar-refractivity contribution in [2.45, 2.75) is 12.2 Å². The summed E-state index contributed by atoms with van der Waals surface area (Å²) in [5.41, 5.74) is 6.73. The van der Waals surface area contributed by atoms with Gasteiger partial charge in [0.15, 0.2) is 11.5 Å². The van der Waals surface area contributed by atoms with E-state index in [4.69, 9.17) is 5.73 Å². The Morgan fingerprint density at radius 2 is 1.77 bits per heavy atom. The molecule has 0 radical (unpaired) electrons. The largest absolute Gasteiger partial charge is 0.435 e. The minimum atomic E-state index is -2.96. The topological polar surface area (TPSA) is 80.8 Å². The molecule has 0 bridgehead atoms. The van der Waals surface area contributed by atoms with Crippen molar-refractivity contribution in [2.24, 2.45) is 10.7 Å². The second-order valence-corrected chi connectivity index (χ2v) is 6.90. The maximum Gasteiger partial charge on any atom is 0.387 e. The van der Waals surface area contributed by atoms with Crippen LogP contribution >= 0.6 is 0 Å². The molecule has 9 heteroatoms. The van der Waals surface area contributed by atoms with E-state index in [9.17, 15) is 18.0 Å². The molecule has 158 valence electrons. The number of rotatable bonds is 5. The first-order valence-corrected chi connectivity index (χ1v) is 9.22. The van der Waals surface area contributed by atoms with Gasteiger partial charge in [-0.25, -0.2) is 9.98 Å². The summed E-state index contributed by atoms with van der Waals surface area (Å²) in [5.74, 6) is -1.03. The first kappa shape index (κ1) is 20.4. The van der Waals surface area contributed by atoms with Crippen molar-refractivity contribution in [3.63, 3.8) is 0 Å². The van der Waals surface area contributed by atoms with Crippen molar-refractivity contribution in [1.29, 1.82) is 0 Å². The Balaban J connectivity index is 1.85. The summed E-state index contributed by atoms with van der Waals surface area (Å²) < 4.78 is 42.6. The molecule has 0 aliphatic carbocycles. The highest BCUT2D eigenvalue weighted by molar-refractivity contribution is 6.09. The Bertz CT molecular complexity index is 1150. The fourth-order valence-electron chi connectivity index (χ4n) is 3.53. The van der Waals surface area contributed by atoms with E-state index in [-0.39, 0.29) is 11.7 Å². The monoisotopic (exact) mass is 426 g/mol. The number of hydrogen-bond acceptors (Lipinski definition) is 5. The van der Waals surface area contributed by atoms with E-state index in [0.29, 0.717) is 22.3 Å². The molecule has 31 heavy (non-hydrogen) atoms. The van der Waals surface area contributed by atoms with Gasteiger partial charge in [-0.1, -0.05) is 30.3 Å². The number of carbonyl (C=O) groups is 1. The minimum absolute atomic E-state index is 0.0201. The van der Waals surface area contributed by atoms with E-state index in [0.717, 1.165) is 0 Å². The lowest BCUT2D eigenvalue weighted by Crippen LogP contribution is -2.41. The van der Waals surface area contributed by atoms with Crippen LogP contribution in [-0.4, -0.2) is 35.4 Å². The highest BCUT2D eigenvalue weighted by Crippen LogP contribution is 2.41. The molecule has 2 heterocycles. The zero-order chi connectivity index (χ0) is 22.2. The highest BCUT2D eigenvalue weighted by atomic mass is 19.3. The molecule has 4 rings (SSSR count). The number of halogens is 3. The molecule has 2 N–H and O–H groups in total. The molecule has 2 aromatic carbocycles. The van der Waals surface area contributed by atoms with Gasteiger partial charge in [0, 0.05) is 18.8 Å². The number of carbonyl (C=O) groups excluding carboxylic acids is 1. The number of aliphatic imine (C=N–C) groups is 1. The average molecular weight is 426 g/mol. The van der Waals surface area contributed by atoms with E-state index in [1.54, 1.807) is 30.3 Å². The molecule has 0 saturated heterocycles. The van der Waals surface area contributed by atoms with Crippen LogP contribution in [0.2, 0.25) is 0 Å². The predicted molar refractivity (Wildman–Crippen MR) is 108 cm³/mol. The highest BCUT2D eigenvalue weighted by Gasteiger charge is 2.49. The number of pyridine rings is 1. The van der Waals surface area contributed by atoms with E-state index in [2.05, 4.69) is 14.7 Å². The van der Waals surface area contributed by atoms with E-state index in [1.165, 1.54) is 48.5 Å². The summed E-state index contributed by atoms with van der Waals surface area (Å²) >= 11 is 0. The SMILES string of the molecule is CN1C(=O)[C@](c2ccc(OC(F)F)cc2)(c2cccc(-c3ccc(F)nc3)c2)N=C1N. The summed E-state index contributed by atoms with van der Waals surface area (Å²) in [7, 11) is 1.50. The second-order valence-electron chi connectivity index (χ2n) is 6.90. The summed E-state index contributed by atoms with van der Waals surface area (Å²) in [6.07, 6.45) is 1.39. The summed E-state index contributed by atoms with van der Waals surface area (Å²) in [6, 6.07) is 15.5. The molecule has 1 aliphatic heterocycles. The van der Waals surface area contributed by atoms with Gasteiger partial charge >= 0.3 is 6.61 Å². The Kier molecular flexibility index (Phi) is 5.10. The second kappa shape index (κ2) is 7.75. The molecule has 0 spiro atoms. The first-order chi connectivity index (χ1) is 14.8. The number of likely N-dealkylation sites (N-methyl/N-ethyl adjacent to an activating group) is 1. The van der Waals surface area contributed by atoms with Crippen LogP contribution in [0.15, 0.2) is 71.9 Å². The van der Waals surface area contributed by atoms with Crippen LogP contribution in [0.25, 0.3) is 11.1 Å². The number of nitrogens with zero attached hydrogens (tertiary/aromatic N) is 3. The van der Waals surface area contributed by atoms with Crippen molar-refractivity contribution in [3.05, 3.63) is 83.9 Å². The Morgan fingerprint density at radius 3 is 2.35 bits per heavy atom. The number of aromatic nitrogens is 1. The molecular formula is C22H17F3N4O2. The van der Waals surface area contributed by atoms with Crippen LogP contribution in [0.1, 0.15) is 11.1 Å². The number of ether oxygens (including phenoxy) is 1. The van der Waals surface area contributed by atoms with Gasteiger partial charge < -0.3 is 10.5 Å². The lowest BCUT2D eigenvalue weighted by atomic mass is 9.82. The molecule has 0 unspecified atom stereocenters. The van der Waals surface area contributed by atoms with Gasteiger partial charge in [0.25, 0.3) is 5.91 Å². The number of alkyl halides is 2. The first-order valence-electron chi connectivity index (χ1n) is 9.22. The normalized spacial score (nSPS) is 18.4. The maximum absolute atomic E-state index is 13.3. The van der Waals surface area contributed by atoms with Crippen LogP contribution in [-0.2, 0) is 10.3 Å². The molecular weight excluding hydrogens is 409 g/mol. The molecule has 1 atom stereocenters. The van der Waals surface area contributed by atoms with Crippen molar-refractivity contribution in [1.82, 2.24) is 9.88 Å². The fraction of sp³-hybridized carbons (Fsp3) is 0.136. The van der Waals surface area contributed by atoms with Gasteiger partial charge in [-0.3, -0.25) is 9.69 Å². The third-order valence-electron chi connectivity index (χ3n) is 5.08. The van der Waals surface area contributed by atoms with Crippen molar-refractivity contribution in [2.75, 3.05) is 7.05 Å². The van der Waals surface area contributed by atoms with E-state index < -0.39 is 24.0 Å². The smallest absolute Gasteiger partial charge is 0.387 e. The van der Waals surface area contributed by atoms with Gasteiger partial charge in [-0.2, -0.15) is 13.2 Å². The number of hydrogen-bond donors (Lipinski definition) is 1. The lowest BCUT2D eigenvalue weighted by Gasteiger charge is -2.26. The quantitative estimate of drug-likeness (QED) is 0.633. The van der Waals surface area contributed by atoms with Crippen molar-refractivity contribution < 1.29 is 22.7 Å². The third-order valence-corrected chi connectivity index (χ3v) is 5.08. The third kappa shape index (κ3) is 3.58. The molecule has 1 amide bonds. The van der Waals surface area contributed by atoms with Crippen LogP contribution in [0.4, 0.5) is 13.2 Å². The summed E-state index contributed by atoms with van der Waals surface area (Å²) in [4.78, 5) is 22.7. The number of guanidine groups is 1. The van der Waals surface area contributed by atoms with Crippen molar-refractivity contribution in [3.8, 4) is 16.9 Å². The average Bonchev–Trinajstić information content (AvgIpc) is 2.99. The van der Waals surface area contributed by atoms with Gasteiger partial charge in [-0.05, 0) is 47.0 Å². The summed E-state index contributed by atoms with van der Waals surface area (Å²) in [5, 5.41) is 0. The van der Waals surface area contributed by atoms with Crippen LogP contribution in [0, 0.1) is 5.95 Å². The van der Waals surface area contributed by atoms with Crippen LogP contribution < -0.4 is 10.5 Å². The van der Waals surface area contributed by atoms with Gasteiger partial charge in [-0.15, -0.1) is 0 Å². The van der Waals surface area contributed by atoms with E-state index >= 15 is 0 Å². The van der Waals surface area contributed by atoms with Crippen LogP contribution in [0.3, 0.4) is 0 Å². The standard InChI is InChI=1S/C22H17F3N4O2/c1-29-19(30)22(28-21(29)26,15-6-8-17(9-7-15)31-20(24)25)16-4-2-3-13(11-16)14-5-10-18(23)27-12-14/h2-12,20H,1H3,(H2,26,28)/t22-/m0/s1. The molecule has 6 nitrogen and oxygen atoms in total. The molecule has 0 saturated carbocycles. The number of benzene rings is 2. The Hall–Kier alpha value is -3.88. The number of amides is 1. The van der Waals surface area contributed by atoms with Gasteiger partial charge in [0.2, 0.25) is 5.95 Å². The number of nitrogens with two attached hydrogens (primary N) is 1. The molecule has 1 aromatic heterocycles. The van der Waals surface area contributed by atoms with Gasteiger partial charge in [0.1, 0.15) is 5.75 Å². The van der Waals surface area contributed by atoms with Gasteiger partial charge in [0.05, 0.1) is 0 Å². The zero-order valence-corrected chi connectivity index (χ0v) is 16.3. The predicted octanol–water partition coefficient (Wildman–Crippen LogP) is 3.52. The minimum Gasteiger partial charge on any atom is -0.435 e. The molecule has 0 fully saturated rings. The zero-order valence-electron chi connectivity index (χ0n) is 16.3. The Labute approximate surface area is 175 Å². The summed E-state index contributed by atoms with van der Waals surface area (Å²) in [6.45, 7) is -2.96.